The first-order chi connectivity index (χ1) is 16.8. The van der Waals surface area contributed by atoms with Crippen molar-refractivity contribution in [2.24, 2.45) is 23.2 Å². The summed E-state index contributed by atoms with van der Waals surface area (Å²) in [4.78, 5) is 51.2. The van der Waals surface area contributed by atoms with Crippen LogP contribution in [0.25, 0.3) is 0 Å². The van der Waals surface area contributed by atoms with Gasteiger partial charge in [-0.2, -0.15) is 0 Å². The largest absolute Gasteiger partial charge is 0.456 e. The van der Waals surface area contributed by atoms with Crippen molar-refractivity contribution in [3.8, 4) is 0 Å². The quantitative estimate of drug-likeness (QED) is 0.497. The number of esters is 1. The van der Waals surface area contributed by atoms with Gasteiger partial charge in [0.2, 0.25) is 5.91 Å². The van der Waals surface area contributed by atoms with Gasteiger partial charge >= 0.3 is 5.97 Å². The van der Waals surface area contributed by atoms with E-state index in [0.717, 1.165) is 19.3 Å². The van der Waals surface area contributed by atoms with E-state index < -0.39 is 18.5 Å². The van der Waals surface area contributed by atoms with Crippen molar-refractivity contribution in [2.45, 2.75) is 58.8 Å². The maximum Gasteiger partial charge on any atom is 0.308 e. The minimum atomic E-state index is -0.522. The molecule has 8 heteroatoms. The molecular formula is C27H37N3O5. The Balaban J connectivity index is 1.15. The molecule has 4 aliphatic carbocycles. The van der Waals surface area contributed by atoms with Gasteiger partial charge in [0.25, 0.3) is 11.8 Å². The Morgan fingerprint density at radius 3 is 2.06 bits per heavy atom. The first kappa shape index (κ1) is 25.2. The molecule has 0 saturated heterocycles. The van der Waals surface area contributed by atoms with Crippen LogP contribution in [-0.4, -0.2) is 54.8 Å². The van der Waals surface area contributed by atoms with Gasteiger partial charge in [-0.1, -0.05) is 0 Å². The van der Waals surface area contributed by atoms with Crippen molar-refractivity contribution in [3.05, 3.63) is 29.8 Å². The number of nitrogens with one attached hydrogen (secondary N) is 2. The lowest BCUT2D eigenvalue weighted by atomic mass is 9.49. The molecule has 4 saturated carbocycles. The highest BCUT2D eigenvalue weighted by molar-refractivity contribution is 5.96. The number of ether oxygens (including phenoxy) is 1. The number of hydrogen-bond donors (Lipinski definition) is 2. The number of carbonyl (C=O) groups excluding carboxylic acids is 4. The van der Waals surface area contributed by atoms with Crippen molar-refractivity contribution in [2.75, 3.05) is 31.6 Å². The maximum atomic E-state index is 12.9. The van der Waals surface area contributed by atoms with E-state index >= 15 is 0 Å². The van der Waals surface area contributed by atoms with Crippen LogP contribution in [0.15, 0.2) is 24.3 Å². The highest BCUT2D eigenvalue weighted by Crippen LogP contribution is 2.60. The standard InChI is InChI=1S/C27H37N3O5/c1-3-30(4-2)25(33)21-5-7-22(8-6-21)29-23(31)17-35-24(32)9-10-28-26(34)27-14-18-11-19(15-27)13-20(12-18)16-27/h5-8,18-20H,3-4,9-17H2,1-2H3,(H,28,34)(H,29,31). The number of hydrogen-bond acceptors (Lipinski definition) is 5. The molecule has 3 amide bonds. The fourth-order valence-electron chi connectivity index (χ4n) is 6.66. The normalized spacial score (nSPS) is 26.2. The van der Waals surface area contributed by atoms with E-state index in [1.807, 2.05) is 13.8 Å². The molecule has 0 aliphatic heterocycles. The molecule has 1 aromatic carbocycles. The van der Waals surface area contributed by atoms with Gasteiger partial charge in [0.1, 0.15) is 0 Å². The molecule has 190 valence electrons. The SMILES string of the molecule is CCN(CC)C(=O)c1ccc(NC(=O)COC(=O)CCNC(=O)C23CC4CC(CC(C4)C2)C3)cc1. The van der Waals surface area contributed by atoms with E-state index in [9.17, 15) is 19.2 Å². The molecule has 35 heavy (non-hydrogen) atoms. The Labute approximate surface area is 207 Å². The fourth-order valence-corrected chi connectivity index (χ4v) is 6.66. The Kier molecular flexibility index (Phi) is 7.77. The molecule has 0 spiro atoms. The number of rotatable bonds is 10. The lowest BCUT2D eigenvalue weighted by Crippen LogP contribution is -2.53. The number of amides is 3. The number of benzene rings is 1. The number of carbonyl (C=O) groups is 4. The number of nitrogens with zero attached hydrogens (tertiary/aromatic N) is 1. The third kappa shape index (κ3) is 5.85. The van der Waals surface area contributed by atoms with Crippen molar-refractivity contribution < 1.29 is 23.9 Å². The molecular weight excluding hydrogens is 446 g/mol. The summed E-state index contributed by atoms with van der Waals surface area (Å²) in [5.41, 5.74) is 0.836. The molecule has 0 atom stereocenters. The van der Waals surface area contributed by atoms with Gasteiger partial charge < -0.3 is 20.3 Å². The third-order valence-electron chi connectivity index (χ3n) is 7.97. The zero-order valence-corrected chi connectivity index (χ0v) is 20.8. The summed E-state index contributed by atoms with van der Waals surface area (Å²) in [6.07, 6.45) is 6.83. The van der Waals surface area contributed by atoms with Crippen LogP contribution in [0.3, 0.4) is 0 Å². The highest BCUT2D eigenvalue weighted by atomic mass is 16.5. The first-order valence-electron chi connectivity index (χ1n) is 12.9. The monoisotopic (exact) mass is 483 g/mol. The maximum absolute atomic E-state index is 12.9. The average Bonchev–Trinajstić information content (AvgIpc) is 2.83. The summed E-state index contributed by atoms with van der Waals surface area (Å²) in [6.45, 7) is 4.93. The molecule has 4 fully saturated rings. The van der Waals surface area contributed by atoms with E-state index in [4.69, 9.17) is 4.74 Å². The molecule has 4 aliphatic rings. The van der Waals surface area contributed by atoms with Gasteiger partial charge in [-0.05, 0) is 94.4 Å². The highest BCUT2D eigenvalue weighted by Gasteiger charge is 2.54. The average molecular weight is 484 g/mol. The first-order valence-corrected chi connectivity index (χ1v) is 12.9. The number of anilines is 1. The van der Waals surface area contributed by atoms with Gasteiger partial charge in [-0.15, -0.1) is 0 Å². The fraction of sp³-hybridized carbons (Fsp3) is 0.630. The summed E-state index contributed by atoms with van der Waals surface area (Å²) in [5, 5.41) is 5.62. The smallest absolute Gasteiger partial charge is 0.308 e. The Morgan fingerprint density at radius 2 is 1.51 bits per heavy atom. The molecule has 1 aromatic rings. The van der Waals surface area contributed by atoms with Crippen LogP contribution in [0, 0.1) is 23.2 Å². The zero-order valence-electron chi connectivity index (χ0n) is 20.8. The topological polar surface area (TPSA) is 105 Å². The van der Waals surface area contributed by atoms with Gasteiger partial charge in [0.15, 0.2) is 6.61 Å². The Hall–Kier alpha value is -2.90. The summed E-state index contributed by atoms with van der Waals surface area (Å²) < 4.78 is 5.07. The van der Waals surface area contributed by atoms with Gasteiger partial charge in [0.05, 0.1) is 6.42 Å². The second-order valence-corrected chi connectivity index (χ2v) is 10.5. The third-order valence-corrected chi connectivity index (χ3v) is 7.97. The second kappa shape index (κ2) is 10.8. The molecule has 0 aromatic heterocycles. The van der Waals surface area contributed by atoms with Crippen LogP contribution in [0.5, 0.6) is 0 Å². The van der Waals surface area contributed by atoms with Crippen molar-refractivity contribution in [3.63, 3.8) is 0 Å². The minimum Gasteiger partial charge on any atom is -0.456 e. The van der Waals surface area contributed by atoms with Crippen LogP contribution >= 0.6 is 0 Å². The van der Waals surface area contributed by atoms with E-state index in [1.165, 1.54) is 19.3 Å². The molecule has 0 radical (unpaired) electrons. The van der Waals surface area contributed by atoms with E-state index in [1.54, 1.807) is 29.2 Å². The predicted molar refractivity (Wildman–Crippen MR) is 132 cm³/mol. The summed E-state index contributed by atoms with van der Waals surface area (Å²) in [5.74, 6) is 1.12. The lowest BCUT2D eigenvalue weighted by molar-refractivity contribution is -0.148. The molecule has 0 heterocycles. The van der Waals surface area contributed by atoms with E-state index in [-0.39, 0.29) is 30.2 Å². The molecule has 0 unspecified atom stereocenters. The van der Waals surface area contributed by atoms with E-state index in [0.29, 0.717) is 42.1 Å². The second-order valence-electron chi connectivity index (χ2n) is 10.5. The molecule has 4 bridgehead atoms. The summed E-state index contributed by atoms with van der Waals surface area (Å²) >= 11 is 0. The Bertz CT molecular complexity index is 919. The van der Waals surface area contributed by atoms with Crippen LogP contribution in [0.4, 0.5) is 5.69 Å². The van der Waals surface area contributed by atoms with Crippen LogP contribution in [0.2, 0.25) is 0 Å². The Morgan fingerprint density at radius 1 is 0.943 bits per heavy atom. The predicted octanol–water partition coefficient (Wildman–Crippen LogP) is 3.37. The minimum absolute atomic E-state index is 0.0353. The van der Waals surface area contributed by atoms with Crippen LogP contribution in [0.1, 0.15) is 69.2 Å². The molecule has 2 N–H and O–H groups in total. The van der Waals surface area contributed by atoms with Gasteiger partial charge in [-0.3, -0.25) is 19.2 Å². The van der Waals surface area contributed by atoms with Crippen molar-refractivity contribution >= 4 is 29.4 Å². The van der Waals surface area contributed by atoms with Crippen molar-refractivity contribution in [1.29, 1.82) is 0 Å². The van der Waals surface area contributed by atoms with Gasteiger partial charge in [-0.25, -0.2) is 0 Å². The zero-order chi connectivity index (χ0) is 25.0. The summed E-state index contributed by atoms with van der Waals surface area (Å²) in [6, 6.07) is 6.62. The van der Waals surface area contributed by atoms with Gasteiger partial charge in [0, 0.05) is 36.3 Å². The molecule has 5 rings (SSSR count). The van der Waals surface area contributed by atoms with Crippen LogP contribution in [-0.2, 0) is 19.1 Å². The van der Waals surface area contributed by atoms with E-state index in [2.05, 4.69) is 10.6 Å². The van der Waals surface area contributed by atoms with Crippen molar-refractivity contribution in [1.82, 2.24) is 10.2 Å². The summed E-state index contributed by atoms with van der Waals surface area (Å²) in [7, 11) is 0. The molecule has 8 nitrogen and oxygen atoms in total. The van der Waals surface area contributed by atoms with Crippen LogP contribution < -0.4 is 10.6 Å². The lowest BCUT2D eigenvalue weighted by Gasteiger charge is -2.55.